The highest BCUT2D eigenvalue weighted by Crippen LogP contribution is 2.40. The van der Waals surface area contributed by atoms with Crippen LogP contribution in [0.2, 0.25) is 0 Å². The average Bonchev–Trinajstić information content (AvgIpc) is 3.04. The van der Waals surface area contributed by atoms with Gasteiger partial charge in [-0.3, -0.25) is 4.79 Å². The Morgan fingerprint density at radius 1 is 1.28 bits per heavy atom. The predicted molar refractivity (Wildman–Crippen MR) is 66.9 cm³/mol. The molecular formula is C14H24O4. The first kappa shape index (κ1) is 13.8. The molecule has 2 rings (SSSR count). The van der Waals surface area contributed by atoms with Crippen LogP contribution in [0.15, 0.2) is 0 Å². The number of carbonyl (C=O) groups is 1. The molecule has 4 nitrogen and oxygen atoms in total. The van der Waals surface area contributed by atoms with Crippen molar-refractivity contribution in [2.75, 3.05) is 20.0 Å². The monoisotopic (exact) mass is 256 g/mol. The molecule has 0 radical (unpaired) electrons. The number of hydrogen-bond donors (Lipinski definition) is 0. The molecule has 1 saturated heterocycles. The van der Waals surface area contributed by atoms with E-state index in [9.17, 15) is 4.79 Å². The molecule has 4 atom stereocenters. The van der Waals surface area contributed by atoms with E-state index in [2.05, 4.69) is 13.8 Å². The number of ether oxygens (including phenoxy) is 3. The average molecular weight is 256 g/mol. The molecule has 0 bridgehead atoms. The van der Waals surface area contributed by atoms with Crippen molar-refractivity contribution in [3.63, 3.8) is 0 Å². The third kappa shape index (κ3) is 3.23. The molecule has 1 aliphatic carbocycles. The molecule has 1 heterocycles. The number of rotatable bonds is 5. The van der Waals surface area contributed by atoms with Crippen molar-refractivity contribution >= 4 is 5.97 Å². The van der Waals surface area contributed by atoms with Crippen molar-refractivity contribution in [1.82, 2.24) is 0 Å². The number of hydrogen-bond acceptors (Lipinski definition) is 4. The Morgan fingerprint density at radius 2 is 2.11 bits per heavy atom. The second-order valence-corrected chi connectivity index (χ2v) is 5.43. The third-order valence-corrected chi connectivity index (χ3v) is 4.30. The molecule has 1 saturated carbocycles. The maximum absolute atomic E-state index is 12.1. The summed E-state index contributed by atoms with van der Waals surface area (Å²) in [4.78, 5) is 12.1. The molecule has 0 aromatic carbocycles. The maximum atomic E-state index is 12.1. The molecule has 0 aromatic rings. The van der Waals surface area contributed by atoms with Crippen LogP contribution in [0, 0.1) is 17.8 Å². The van der Waals surface area contributed by atoms with Crippen LogP contribution in [-0.2, 0) is 19.0 Å². The first-order valence-corrected chi connectivity index (χ1v) is 7.10. The first-order chi connectivity index (χ1) is 8.74. The quantitative estimate of drug-likeness (QED) is 0.708. The largest absolute Gasteiger partial charge is 0.463 e. The summed E-state index contributed by atoms with van der Waals surface area (Å²) in [6.07, 6.45) is 4.34. The Hall–Kier alpha value is -0.610. The van der Waals surface area contributed by atoms with Crippen molar-refractivity contribution < 1.29 is 19.0 Å². The van der Waals surface area contributed by atoms with Gasteiger partial charge in [0.1, 0.15) is 19.5 Å². The summed E-state index contributed by atoms with van der Waals surface area (Å²) in [5, 5.41) is 0. The van der Waals surface area contributed by atoms with E-state index in [0.29, 0.717) is 31.8 Å². The van der Waals surface area contributed by atoms with Gasteiger partial charge in [-0.2, -0.15) is 0 Å². The number of carbonyl (C=O) groups excluding carboxylic acids is 1. The lowest BCUT2D eigenvalue weighted by Crippen LogP contribution is -2.26. The smallest absolute Gasteiger partial charge is 0.309 e. The van der Waals surface area contributed by atoms with Crippen LogP contribution in [0.1, 0.15) is 39.5 Å². The summed E-state index contributed by atoms with van der Waals surface area (Å²) in [6, 6.07) is 0. The zero-order chi connectivity index (χ0) is 13.0. The van der Waals surface area contributed by atoms with Gasteiger partial charge >= 0.3 is 5.97 Å². The van der Waals surface area contributed by atoms with E-state index in [1.165, 1.54) is 12.8 Å². The fraction of sp³-hybridized carbons (Fsp3) is 0.929. The van der Waals surface area contributed by atoms with Gasteiger partial charge in [-0.05, 0) is 24.7 Å². The first-order valence-electron chi connectivity index (χ1n) is 7.10. The van der Waals surface area contributed by atoms with Crippen LogP contribution in [0.5, 0.6) is 0 Å². The predicted octanol–water partition coefficient (Wildman–Crippen LogP) is 2.36. The minimum Gasteiger partial charge on any atom is -0.463 e. The molecule has 18 heavy (non-hydrogen) atoms. The van der Waals surface area contributed by atoms with Crippen LogP contribution in [-0.4, -0.2) is 32.1 Å². The Kier molecular flexibility index (Phi) is 5.01. The van der Waals surface area contributed by atoms with E-state index in [4.69, 9.17) is 14.2 Å². The summed E-state index contributed by atoms with van der Waals surface area (Å²) < 4.78 is 15.7. The maximum Gasteiger partial charge on any atom is 0.309 e. The Balaban J connectivity index is 1.79. The molecule has 0 amide bonds. The Labute approximate surface area is 109 Å². The summed E-state index contributed by atoms with van der Waals surface area (Å²) in [7, 11) is 0. The SMILES string of the molecule is CCC1CC(CC)C(C(=O)OCC2COCO2)C1. The molecule has 104 valence electrons. The molecule has 0 N–H and O–H groups in total. The van der Waals surface area contributed by atoms with Crippen LogP contribution < -0.4 is 0 Å². The lowest BCUT2D eigenvalue weighted by molar-refractivity contribution is -0.153. The molecule has 4 unspecified atom stereocenters. The Morgan fingerprint density at radius 3 is 2.72 bits per heavy atom. The van der Waals surface area contributed by atoms with Crippen LogP contribution >= 0.6 is 0 Å². The third-order valence-electron chi connectivity index (χ3n) is 4.30. The van der Waals surface area contributed by atoms with Crippen molar-refractivity contribution in [1.29, 1.82) is 0 Å². The van der Waals surface area contributed by atoms with Crippen LogP contribution in [0.3, 0.4) is 0 Å². The summed E-state index contributed by atoms with van der Waals surface area (Å²) in [5.74, 6) is 1.26. The van der Waals surface area contributed by atoms with Gasteiger partial charge in [-0.15, -0.1) is 0 Å². The minimum absolute atomic E-state index is 0.0340. The minimum atomic E-state index is -0.0719. The van der Waals surface area contributed by atoms with E-state index in [1.807, 2.05) is 0 Å². The van der Waals surface area contributed by atoms with E-state index in [1.54, 1.807) is 0 Å². The molecule has 2 aliphatic rings. The standard InChI is InChI=1S/C14H24O4/c1-3-10-5-11(4-2)13(6-10)14(15)17-8-12-7-16-9-18-12/h10-13H,3-9H2,1-2H3. The fourth-order valence-corrected chi connectivity index (χ4v) is 3.06. The van der Waals surface area contributed by atoms with Crippen LogP contribution in [0.25, 0.3) is 0 Å². The lowest BCUT2D eigenvalue weighted by Gasteiger charge is -2.17. The van der Waals surface area contributed by atoms with Gasteiger partial charge < -0.3 is 14.2 Å². The highest BCUT2D eigenvalue weighted by Gasteiger charge is 2.38. The molecule has 4 heteroatoms. The van der Waals surface area contributed by atoms with E-state index < -0.39 is 0 Å². The Bertz CT molecular complexity index is 273. The summed E-state index contributed by atoms with van der Waals surface area (Å²) >= 11 is 0. The zero-order valence-electron chi connectivity index (χ0n) is 11.4. The summed E-state index contributed by atoms with van der Waals surface area (Å²) in [5.41, 5.74) is 0. The fourth-order valence-electron chi connectivity index (χ4n) is 3.06. The van der Waals surface area contributed by atoms with Gasteiger partial charge in [0.05, 0.1) is 12.5 Å². The molecule has 2 fully saturated rings. The molecule has 0 spiro atoms. The van der Waals surface area contributed by atoms with E-state index >= 15 is 0 Å². The van der Waals surface area contributed by atoms with Gasteiger partial charge in [0, 0.05) is 0 Å². The van der Waals surface area contributed by atoms with Gasteiger partial charge in [0.25, 0.3) is 0 Å². The van der Waals surface area contributed by atoms with Crippen molar-refractivity contribution in [2.45, 2.75) is 45.6 Å². The summed E-state index contributed by atoms with van der Waals surface area (Å²) in [6.45, 7) is 5.56. The molecule has 1 aliphatic heterocycles. The van der Waals surface area contributed by atoms with Gasteiger partial charge in [-0.25, -0.2) is 0 Å². The van der Waals surface area contributed by atoms with Crippen LogP contribution in [0.4, 0.5) is 0 Å². The highest BCUT2D eigenvalue weighted by molar-refractivity contribution is 5.73. The van der Waals surface area contributed by atoms with Crippen molar-refractivity contribution in [3.8, 4) is 0 Å². The number of esters is 1. The van der Waals surface area contributed by atoms with Crippen molar-refractivity contribution in [2.24, 2.45) is 17.8 Å². The van der Waals surface area contributed by atoms with E-state index in [-0.39, 0.29) is 18.0 Å². The van der Waals surface area contributed by atoms with Gasteiger partial charge in [0.15, 0.2) is 0 Å². The second-order valence-electron chi connectivity index (χ2n) is 5.43. The van der Waals surface area contributed by atoms with Gasteiger partial charge in [0.2, 0.25) is 0 Å². The normalized spacial score (nSPS) is 35.9. The molecule has 0 aromatic heterocycles. The second kappa shape index (κ2) is 6.53. The lowest BCUT2D eigenvalue weighted by atomic mass is 9.94. The van der Waals surface area contributed by atoms with Gasteiger partial charge in [-0.1, -0.05) is 26.7 Å². The topological polar surface area (TPSA) is 44.8 Å². The van der Waals surface area contributed by atoms with Crippen molar-refractivity contribution in [3.05, 3.63) is 0 Å². The van der Waals surface area contributed by atoms with E-state index in [0.717, 1.165) is 12.8 Å². The highest BCUT2D eigenvalue weighted by atomic mass is 16.7. The zero-order valence-corrected chi connectivity index (χ0v) is 11.4. The molecular weight excluding hydrogens is 232 g/mol.